The molecule has 1 aliphatic rings. The highest BCUT2D eigenvalue weighted by molar-refractivity contribution is 5.78. The normalized spacial score (nSPS) is 20.5. The number of pyridine rings is 1. The fraction of sp³-hybridized carbons (Fsp3) is 0.400. The minimum absolute atomic E-state index is 0.120. The zero-order chi connectivity index (χ0) is 17.6. The van der Waals surface area contributed by atoms with Gasteiger partial charge in [-0.15, -0.1) is 0 Å². The SMILES string of the molecule is CO[C@H]1CCN(C(=O)Cc2ccncc2)C[C@H]1Cc1ccc(F)cc1. The monoisotopic (exact) mass is 342 g/mol. The van der Waals surface area contributed by atoms with Crippen molar-refractivity contribution in [3.8, 4) is 0 Å². The van der Waals surface area contributed by atoms with E-state index in [1.54, 1.807) is 31.6 Å². The maximum atomic E-state index is 13.1. The molecule has 1 aliphatic heterocycles. The number of carbonyl (C=O) groups excluding carboxylic acids is 1. The van der Waals surface area contributed by atoms with Crippen LogP contribution < -0.4 is 0 Å². The summed E-state index contributed by atoms with van der Waals surface area (Å²) in [5.74, 6) is 0.111. The molecule has 2 atom stereocenters. The van der Waals surface area contributed by atoms with Crippen LogP contribution >= 0.6 is 0 Å². The van der Waals surface area contributed by atoms with Gasteiger partial charge in [-0.2, -0.15) is 0 Å². The van der Waals surface area contributed by atoms with Gasteiger partial charge >= 0.3 is 0 Å². The lowest BCUT2D eigenvalue weighted by Gasteiger charge is -2.38. The van der Waals surface area contributed by atoms with Gasteiger partial charge < -0.3 is 9.64 Å². The average Bonchev–Trinajstić information content (AvgIpc) is 2.64. The number of hydrogen-bond donors (Lipinski definition) is 0. The lowest BCUT2D eigenvalue weighted by atomic mass is 9.88. The van der Waals surface area contributed by atoms with Crippen LogP contribution in [-0.2, 0) is 22.4 Å². The maximum Gasteiger partial charge on any atom is 0.227 e. The number of rotatable bonds is 5. The molecular weight excluding hydrogens is 319 g/mol. The Balaban J connectivity index is 1.65. The molecule has 1 aromatic carbocycles. The zero-order valence-electron chi connectivity index (χ0n) is 14.4. The quantitative estimate of drug-likeness (QED) is 0.839. The molecule has 2 heterocycles. The van der Waals surface area contributed by atoms with Crippen LogP contribution in [-0.4, -0.2) is 42.1 Å². The van der Waals surface area contributed by atoms with E-state index in [9.17, 15) is 9.18 Å². The predicted molar refractivity (Wildman–Crippen MR) is 93.5 cm³/mol. The summed E-state index contributed by atoms with van der Waals surface area (Å²) in [6.45, 7) is 1.38. The summed E-state index contributed by atoms with van der Waals surface area (Å²) in [4.78, 5) is 18.5. The number of methoxy groups -OCH3 is 1. The van der Waals surface area contributed by atoms with Crippen molar-refractivity contribution in [2.75, 3.05) is 20.2 Å². The summed E-state index contributed by atoms with van der Waals surface area (Å²) in [6, 6.07) is 10.3. The number of halogens is 1. The van der Waals surface area contributed by atoms with Crippen LogP contribution in [0.25, 0.3) is 0 Å². The summed E-state index contributed by atoms with van der Waals surface area (Å²) >= 11 is 0. The first-order valence-corrected chi connectivity index (χ1v) is 8.59. The summed E-state index contributed by atoms with van der Waals surface area (Å²) in [5.41, 5.74) is 2.04. The highest BCUT2D eigenvalue weighted by Crippen LogP contribution is 2.24. The minimum atomic E-state index is -0.232. The summed E-state index contributed by atoms with van der Waals surface area (Å²) in [7, 11) is 1.72. The molecule has 25 heavy (non-hydrogen) atoms. The van der Waals surface area contributed by atoms with Crippen LogP contribution in [0.15, 0.2) is 48.8 Å². The van der Waals surface area contributed by atoms with Gasteiger partial charge in [-0.1, -0.05) is 12.1 Å². The summed E-state index contributed by atoms with van der Waals surface area (Å²) in [6.07, 6.45) is 5.52. The van der Waals surface area contributed by atoms with E-state index in [-0.39, 0.29) is 23.7 Å². The van der Waals surface area contributed by atoms with E-state index in [1.807, 2.05) is 17.0 Å². The number of benzene rings is 1. The van der Waals surface area contributed by atoms with Gasteiger partial charge in [0.25, 0.3) is 0 Å². The predicted octanol–water partition coefficient (Wildman–Crippen LogP) is 2.87. The van der Waals surface area contributed by atoms with Gasteiger partial charge in [0.15, 0.2) is 0 Å². The van der Waals surface area contributed by atoms with Crippen LogP contribution in [0.5, 0.6) is 0 Å². The van der Waals surface area contributed by atoms with Crippen molar-refractivity contribution in [3.63, 3.8) is 0 Å². The second kappa shape index (κ2) is 8.21. The lowest BCUT2D eigenvalue weighted by molar-refractivity contribution is -0.134. The van der Waals surface area contributed by atoms with Crippen molar-refractivity contribution in [2.24, 2.45) is 5.92 Å². The van der Waals surface area contributed by atoms with Crippen molar-refractivity contribution < 1.29 is 13.9 Å². The van der Waals surface area contributed by atoms with Crippen LogP contribution in [0, 0.1) is 11.7 Å². The number of hydrogen-bond acceptors (Lipinski definition) is 3. The fourth-order valence-electron chi connectivity index (χ4n) is 3.45. The standard InChI is InChI=1S/C20H23FN2O2/c1-25-19-8-11-23(20(24)13-16-6-9-22-10-7-16)14-17(19)12-15-2-4-18(21)5-3-15/h2-7,9-10,17,19H,8,11-14H2,1H3/t17-,19+/m1/s1. The second-order valence-corrected chi connectivity index (χ2v) is 6.53. The van der Waals surface area contributed by atoms with E-state index in [4.69, 9.17) is 4.74 Å². The molecule has 0 spiro atoms. The van der Waals surface area contributed by atoms with E-state index in [0.717, 1.165) is 24.0 Å². The molecule has 1 aromatic heterocycles. The number of amides is 1. The lowest BCUT2D eigenvalue weighted by Crippen LogP contribution is -2.47. The first kappa shape index (κ1) is 17.5. The smallest absolute Gasteiger partial charge is 0.227 e. The molecular formula is C20H23FN2O2. The van der Waals surface area contributed by atoms with Crippen molar-refractivity contribution in [2.45, 2.75) is 25.4 Å². The van der Waals surface area contributed by atoms with Crippen molar-refractivity contribution >= 4 is 5.91 Å². The molecule has 3 rings (SSSR count). The molecule has 0 unspecified atom stereocenters. The van der Waals surface area contributed by atoms with E-state index < -0.39 is 0 Å². The molecule has 0 saturated carbocycles. The van der Waals surface area contributed by atoms with E-state index >= 15 is 0 Å². The van der Waals surface area contributed by atoms with Crippen molar-refractivity contribution in [1.29, 1.82) is 0 Å². The third kappa shape index (κ3) is 4.63. The first-order chi connectivity index (χ1) is 12.2. The maximum absolute atomic E-state index is 13.1. The molecule has 0 N–H and O–H groups in total. The Kier molecular flexibility index (Phi) is 5.76. The van der Waals surface area contributed by atoms with Gasteiger partial charge in [-0.05, 0) is 48.2 Å². The molecule has 4 nitrogen and oxygen atoms in total. The summed E-state index contributed by atoms with van der Waals surface area (Å²) < 4.78 is 18.7. The van der Waals surface area contributed by atoms with E-state index in [0.29, 0.717) is 19.5 Å². The highest BCUT2D eigenvalue weighted by atomic mass is 19.1. The Morgan fingerprint density at radius 1 is 1.20 bits per heavy atom. The third-order valence-corrected chi connectivity index (χ3v) is 4.84. The number of aromatic nitrogens is 1. The largest absolute Gasteiger partial charge is 0.381 e. The number of likely N-dealkylation sites (tertiary alicyclic amines) is 1. The highest BCUT2D eigenvalue weighted by Gasteiger charge is 2.31. The first-order valence-electron chi connectivity index (χ1n) is 8.59. The Bertz CT molecular complexity index is 691. The van der Waals surface area contributed by atoms with Crippen LogP contribution in [0.3, 0.4) is 0 Å². The van der Waals surface area contributed by atoms with Gasteiger partial charge in [-0.25, -0.2) is 4.39 Å². The number of piperidine rings is 1. The molecule has 0 aliphatic carbocycles. The summed E-state index contributed by atoms with van der Waals surface area (Å²) in [5, 5.41) is 0. The van der Waals surface area contributed by atoms with Gasteiger partial charge in [-0.3, -0.25) is 9.78 Å². The van der Waals surface area contributed by atoms with Gasteiger partial charge in [0, 0.05) is 38.5 Å². The van der Waals surface area contributed by atoms with E-state index in [1.165, 1.54) is 12.1 Å². The van der Waals surface area contributed by atoms with Crippen molar-refractivity contribution in [3.05, 3.63) is 65.7 Å². The molecule has 5 heteroatoms. The van der Waals surface area contributed by atoms with Crippen molar-refractivity contribution in [1.82, 2.24) is 9.88 Å². The molecule has 0 radical (unpaired) electrons. The molecule has 0 bridgehead atoms. The molecule has 1 fully saturated rings. The number of nitrogens with zero attached hydrogens (tertiary/aromatic N) is 2. The zero-order valence-corrected chi connectivity index (χ0v) is 14.4. The van der Waals surface area contributed by atoms with Crippen LogP contribution in [0.1, 0.15) is 17.5 Å². The molecule has 132 valence electrons. The van der Waals surface area contributed by atoms with Crippen LogP contribution in [0.4, 0.5) is 4.39 Å². The molecule has 1 saturated heterocycles. The van der Waals surface area contributed by atoms with Gasteiger partial charge in [0.2, 0.25) is 5.91 Å². The minimum Gasteiger partial charge on any atom is -0.381 e. The van der Waals surface area contributed by atoms with Gasteiger partial charge in [0.05, 0.1) is 12.5 Å². The molecule has 2 aromatic rings. The topological polar surface area (TPSA) is 42.4 Å². The van der Waals surface area contributed by atoms with Crippen LogP contribution in [0.2, 0.25) is 0 Å². The Hall–Kier alpha value is -2.27. The number of ether oxygens (including phenoxy) is 1. The Morgan fingerprint density at radius 3 is 2.60 bits per heavy atom. The van der Waals surface area contributed by atoms with Gasteiger partial charge in [0.1, 0.15) is 5.82 Å². The second-order valence-electron chi connectivity index (χ2n) is 6.53. The fourth-order valence-corrected chi connectivity index (χ4v) is 3.45. The Morgan fingerprint density at radius 2 is 1.92 bits per heavy atom. The molecule has 1 amide bonds. The number of carbonyl (C=O) groups is 1. The average molecular weight is 342 g/mol. The Labute approximate surface area is 147 Å². The van der Waals surface area contributed by atoms with E-state index in [2.05, 4.69) is 4.98 Å². The third-order valence-electron chi connectivity index (χ3n) is 4.84.